The molecule has 4 heteroatoms. The number of carbonyl (C=O) groups excluding carboxylic acids is 1. The molecule has 4 nitrogen and oxygen atoms in total. The number of hydrogen-bond donors (Lipinski definition) is 1. The lowest BCUT2D eigenvalue weighted by Gasteiger charge is -2.35. The lowest BCUT2D eigenvalue weighted by atomic mass is 9.88. The van der Waals surface area contributed by atoms with E-state index >= 15 is 0 Å². The summed E-state index contributed by atoms with van der Waals surface area (Å²) in [7, 11) is 0. The highest BCUT2D eigenvalue weighted by atomic mass is 16.5. The number of nitrogens with zero attached hydrogens (tertiary/aromatic N) is 1. The zero-order valence-electron chi connectivity index (χ0n) is 9.65. The molecule has 3 aliphatic heterocycles. The van der Waals surface area contributed by atoms with Gasteiger partial charge in [-0.1, -0.05) is 0 Å². The van der Waals surface area contributed by atoms with Crippen LogP contribution in [0.25, 0.3) is 0 Å². The van der Waals surface area contributed by atoms with Gasteiger partial charge in [-0.2, -0.15) is 0 Å². The van der Waals surface area contributed by atoms with Gasteiger partial charge in [0, 0.05) is 32.2 Å². The fraction of sp³-hybridized carbons (Fsp3) is 0.917. The predicted octanol–water partition coefficient (Wildman–Crippen LogP) is 0.0908. The Labute approximate surface area is 96.3 Å². The zero-order valence-corrected chi connectivity index (χ0v) is 9.65. The van der Waals surface area contributed by atoms with Gasteiger partial charge < -0.3 is 15.0 Å². The maximum Gasteiger partial charge on any atom is 0.227 e. The van der Waals surface area contributed by atoms with Gasteiger partial charge in [-0.15, -0.1) is 0 Å². The first-order chi connectivity index (χ1) is 7.84. The molecule has 0 unspecified atom stereocenters. The van der Waals surface area contributed by atoms with Gasteiger partial charge in [-0.25, -0.2) is 0 Å². The molecule has 3 saturated heterocycles. The highest BCUT2D eigenvalue weighted by Gasteiger charge is 2.37. The third-order valence-electron chi connectivity index (χ3n) is 4.28. The van der Waals surface area contributed by atoms with Crippen LogP contribution in [0.3, 0.4) is 0 Å². The van der Waals surface area contributed by atoms with E-state index in [-0.39, 0.29) is 5.92 Å². The SMILES string of the molecule is O=C([C@@H]1CCNC1)N1CC[C@@H]2COC[C@@H]2C1. The lowest BCUT2D eigenvalue weighted by molar-refractivity contribution is -0.137. The van der Waals surface area contributed by atoms with E-state index in [1.54, 1.807) is 0 Å². The number of hydrogen-bond acceptors (Lipinski definition) is 3. The van der Waals surface area contributed by atoms with Gasteiger partial charge in [0.2, 0.25) is 5.91 Å². The smallest absolute Gasteiger partial charge is 0.227 e. The average molecular weight is 224 g/mol. The molecular weight excluding hydrogens is 204 g/mol. The van der Waals surface area contributed by atoms with E-state index < -0.39 is 0 Å². The van der Waals surface area contributed by atoms with E-state index in [9.17, 15) is 4.79 Å². The predicted molar refractivity (Wildman–Crippen MR) is 60.0 cm³/mol. The van der Waals surface area contributed by atoms with Crippen molar-refractivity contribution in [2.75, 3.05) is 39.4 Å². The fourth-order valence-corrected chi connectivity index (χ4v) is 3.18. The molecule has 0 aromatic rings. The summed E-state index contributed by atoms with van der Waals surface area (Å²) in [6.07, 6.45) is 2.15. The Balaban J connectivity index is 1.60. The molecule has 1 N–H and O–H groups in total. The first-order valence-electron chi connectivity index (χ1n) is 6.42. The summed E-state index contributed by atoms with van der Waals surface area (Å²) in [5, 5.41) is 3.27. The van der Waals surface area contributed by atoms with Crippen LogP contribution in [0.4, 0.5) is 0 Å². The van der Waals surface area contributed by atoms with Crippen LogP contribution in [0, 0.1) is 17.8 Å². The Morgan fingerprint density at radius 2 is 2.12 bits per heavy atom. The number of carbonyl (C=O) groups is 1. The number of amides is 1. The largest absolute Gasteiger partial charge is 0.381 e. The highest BCUT2D eigenvalue weighted by molar-refractivity contribution is 5.79. The molecule has 16 heavy (non-hydrogen) atoms. The molecule has 0 saturated carbocycles. The van der Waals surface area contributed by atoms with Crippen LogP contribution in [-0.4, -0.2) is 50.2 Å². The number of rotatable bonds is 1. The maximum absolute atomic E-state index is 12.2. The van der Waals surface area contributed by atoms with Gasteiger partial charge in [0.1, 0.15) is 0 Å². The summed E-state index contributed by atoms with van der Waals surface area (Å²) in [6, 6.07) is 0. The molecule has 3 heterocycles. The highest BCUT2D eigenvalue weighted by Crippen LogP contribution is 2.30. The average Bonchev–Trinajstić information content (AvgIpc) is 2.98. The zero-order chi connectivity index (χ0) is 11.0. The molecule has 90 valence electrons. The lowest BCUT2D eigenvalue weighted by Crippen LogP contribution is -2.46. The van der Waals surface area contributed by atoms with Crippen molar-refractivity contribution >= 4 is 5.91 Å². The second kappa shape index (κ2) is 4.34. The summed E-state index contributed by atoms with van der Waals surface area (Å²) in [6.45, 7) is 5.52. The van der Waals surface area contributed by atoms with Crippen LogP contribution in [0.1, 0.15) is 12.8 Å². The van der Waals surface area contributed by atoms with Crippen molar-refractivity contribution in [3.8, 4) is 0 Å². The minimum atomic E-state index is 0.235. The van der Waals surface area contributed by atoms with E-state index in [0.29, 0.717) is 17.7 Å². The van der Waals surface area contributed by atoms with E-state index in [4.69, 9.17) is 4.74 Å². The van der Waals surface area contributed by atoms with Crippen LogP contribution < -0.4 is 5.32 Å². The van der Waals surface area contributed by atoms with E-state index in [1.807, 2.05) is 0 Å². The van der Waals surface area contributed by atoms with Crippen molar-refractivity contribution in [3.63, 3.8) is 0 Å². The Morgan fingerprint density at radius 3 is 2.94 bits per heavy atom. The van der Waals surface area contributed by atoms with E-state index in [0.717, 1.165) is 52.2 Å². The Hall–Kier alpha value is -0.610. The summed E-state index contributed by atoms with van der Waals surface area (Å²) in [4.78, 5) is 14.3. The molecule has 0 bridgehead atoms. The summed E-state index contributed by atoms with van der Waals surface area (Å²) in [5.41, 5.74) is 0. The third kappa shape index (κ3) is 1.84. The molecule has 0 aromatic carbocycles. The second-order valence-electron chi connectivity index (χ2n) is 5.32. The maximum atomic E-state index is 12.2. The fourth-order valence-electron chi connectivity index (χ4n) is 3.18. The number of nitrogens with one attached hydrogen (secondary N) is 1. The van der Waals surface area contributed by atoms with Gasteiger partial charge in [0.25, 0.3) is 0 Å². The number of fused-ring (bicyclic) bond motifs is 1. The number of piperidine rings is 1. The van der Waals surface area contributed by atoms with Crippen molar-refractivity contribution in [3.05, 3.63) is 0 Å². The van der Waals surface area contributed by atoms with Crippen molar-refractivity contribution in [2.24, 2.45) is 17.8 Å². The van der Waals surface area contributed by atoms with E-state index in [2.05, 4.69) is 10.2 Å². The van der Waals surface area contributed by atoms with Crippen LogP contribution >= 0.6 is 0 Å². The number of likely N-dealkylation sites (tertiary alicyclic amines) is 1. The minimum absolute atomic E-state index is 0.235. The topological polar surface area (TPSA) is 41.6 Å². The first-order valence-corrected chi connectivity index (χ1v) is 6.42. The van der Waals surface area contributed by atoms with Crippen molar-refractivity contribution in [2.45, 2.75) is 12.8 Å². The van der Waals surface area contributed by atoms with Gasteiger partial charge in [-0.05, 0) is 25.3 Å². The second-order valence-corrected chi connectivity index (χ2v) is 5.32. The van der Waals surface area contributed by atoms with Crippen LogP contribution in [0.2, 0.25) is 0 Å². The van der Waals surface area contributed by atoms with Crippen molar-refractivity contribution < 1.29 is 9.53 Å². The molecule has 3 fully saturated rings. The van der Waals surface area contributed by atoms with E-state index in [1.165, 1.54) is 0 Å². The summed E-state index contributed by atoms with van der Waals surface area (Å²) >= 11 is 0. The molecule has 1 amide bonds. The molecule has 0 aliphatic carbocycles. The number of ether oxygens (including phenoxy) is 1. The first kappa shape index (κ1) is 10.5. The van der Waals surface area contributed by atoms with Gasteiger partial charge in [0.15, 0.2) is 0 Å². The molecule has 0 radical (unpaired) electrons. The molecule has 3 atom stereocenters. The Morgan fingerprint density at radius 1 is 1.25 bits per heavy atom. The van der Waals surface area contributed by atoms with Gasteiger partial charge in [-0.3, -0.25) is 4.79 Å². The molecule has 0 aromatic heterocycles. The van der Waals surface area contributed by atoms with Gasteiger partial charge in [0.05, 0.1) is 12.5 Å². The van der Waals surface area contributed by atoms with Crippen LogP contribution in [0.15, 0.2) is 0 Å². The van der Waals surface area contributed by atoms with Crippen LogP contribution in [0.5, 0.6) is 0 Å². The quantitative estimate of drug-likeness (QED) is 0.686. The summed E-state index contributed by atoms with van der Waals surface area (Å²) < 4.78 is 5.49. The van der Waals surface area contributed by atoms with Crippen molar-refractivity contribution in [1.82, 2.24) is 10.2 Å². The van der Waals surface area contributed by atoms with Crippen LogP contribution in [-0.2, 0) is 9.53 Å². The van der Waals surface area contributed by atoms with Gasteiger partial charge >= 0.3 is 0 Å². The normalized spacial score (nSPS) is 38.8. The molecular formula is C12H20N2O2. The monoisotopic (exact) mass is 224 g/mol. The minimum Gasteiger partial charge on any atom is -0.381 e. The Kier molecular flexibility index (Phi) is 2.86. The standard InChI is InChI=1S/C12H20N2O2/c15-12(9-1-3-13-5-9)14-4-2-10-7-16-8-11(10)6-14/h9-11,13H,1-8H2/t9-,10-,11+/m1/s1. The van der Waals surface area contributed by atoms with Crippen molar-refractivity contribution in [1.29, 1.82) is 0 Å². The molecule has 0 spiro atoms. The third-order valence-corrected chi connectivity index (χ3v) is 4.28. The summed E-state index contributed by atoms with van der Waals surface area (Å²) in [5.74, 6) is 1.92. The molecule has 3 aliphatic rings. The Bertz CT molecular complexity index is 276. The molecule has 3 rings (SSSR count).